The highest BCUT2D eigenvalue weighted by Crippen LogP contribution is 2.70. The highest BCUT2D eigenvalue weighted by molar-refractivity contribution is 6.04. The fraction of sp³-hybridized carbons (Fsp3) is 0.556. The Morgan fingerprint density at radius 2 is 1.67 bits per heavy atom. The summed E-state index contributed by atoms with van der Waals surface area (Å²) in [5.74, 6) is -0.178. The maximum absolute atomic E-state index is 12.9. The van der Waals surface area contributed by atoms with Crippen LogP contribution in [-0.4, -0.2) is 11.7 Å². The summed E-state index contributed by atoms with van der Waals surface area (Å²) in [6, 6.07) is 4.37. The van der Waals surface area contributed by atoms with Crippen molar-refractivity contribution in [2.75, 3.05) is 5.32 Å². The predicted octanol–water partition coefficient (Wildman–Crippen LogP) is 4.43. The van der Waals surface area contributed by atoms with Crippen molar-refractivity contribution < 1.29 is 22.8 Å². The van der Waals surface area contributed by atoms with E-state index in [1.54, 1.807) is 0 Å². The number of hydrogen-bond donors (Lipinski definition) is 1. The lowest BCUT2D eigenvalue weighted by atomic mass is 9.64. The van der Waals surface area contributed by atoms with E-state index >= 15 is 0 Å². The van der Waals surface area contributed by atoms with Crippen molar-refractivity contribution in [2.24, 2.45) is 16.2 Å². The second kappa shape index (κ2) is 4.83. The van der Waals surface area contributed by atoms with Crippen LogP contribution in [0.1, 0.15) is 45.6 Å². The van der Waals surface area contributed by atoms with Gasteiger partial charge in [-0.2, -0.15) is 13.2 Å². The number of hydrogen-bond acceptors (Lipinski definition) is 2. The SMILES string of the molecule is CC1(C)[C@@]2(C(=O)Nc3ccc(C(F)(F)F)cc3)CC[C@@]1(C)C(=O)C2. The van der Waals surface area contributed by atoms with E-state index in [9.17, 15) is 22.8 Å². The van der Waals surface area contributed by atoms with Crippen molar-refractivity contribution in [1.82, 2.24) is 0 Å². The second-order valence-electron chi connectivity index (χ2n) is 7.67. The first-order chi connectivity index (χ1) is 10.9. The quantitative estimate of drug-likeness (QED) is 0.866. The molecule has 1 amide bonds. The number of carbonyl (C=O) groups is 2. The highest BCUT2D eigenvalue weighted by Gasteiger charge is 2.72. The Labute approximate surface area is 138 Å². The van der Waals surface area contributed by atoms with E-state index < -0.39 is 28.0 Å². The van der Waals surface area contributed by atoms with E-state index in [4.69, 9.17) is 0 Å². The average Bonchev–Trinajstić information content (AvgIpc) is 2.77. The molecule has 2 atom stereocenters. The van der Waals surface area contributed by atoms with Crippen molar-refractivity contribution in [3.8, 4) is 0 Å². The number of amides is 1. The molecule has 0 radical (unpaired) electrons. The molecule has 0 spiro atoms. The van der Waals surface area contributed by atoms with Crippen LogP contribution in [0.25, 0.3) is 0 Å². The molecule has 130 valence electrons. The van der Waals surface area contributed by atoms with Crippen LogP contribution in [0.5, 0.6) is 0 Å². The molecule has 2 bridgehead atoms. The Kier molecular flexibility index (Phi) is 3.42. The minimum atomic E-state index is -4.41. The molecule has 3 nitrogen and oxygen atoms in total. The van der Waals surface area contributed by atoms with E-state index in [-0.39, 0.29) is 18.1 Å². The minimum Gasteiger partial charge on any atom is -0.326 e. The fourth-order valence-electron chi connectivity index (χ4n) is 4.35. The van der Waals surface area contributed by atoms with E-state index in [0.717, 1.165) is 12.1 Å². The smallest absolute Gasteiger partial charge is 0.326 e. The first-order valence-corrected chi connectivity index (χ1v) is 7.96. The largest absolute Gasteiger partial charge is 0.416 e. The van der Waals surface area contributed by atoms with Gasteiger partial charge >= 0.3 is 6.18 Å². The second-order valence-corrected chi connectivity index (χ2v) is 7.67. The lowest BCUT2D eigenvalue weighted by Gasteiger charge is -2.38. The summed E-state index contributed by atoms with van der Waals surface area (Å²) in [7, 11) is 0. The molecular formula is C18H20F3NO2. The normalized spacial score (nSPS) is 31.3. The molecule has 2 aliphatic rings. The molecule has 24 heavy (non-hydrogen) atoms. The zero-order chi connectivity index (χ0) is 18.0. The zero-order valence-electron chi connectivity index (χ0n) is 13.9. The number of alkyl halides is 3. The maximum atomic E-state index is 12.9. The summed E-state index contributed by atoms with van der Waals surface area (Å²) in [5, 5.41) is 2.72. The Morgan fingerprint density at radius 1 is 1.08 bits per heavy atom. The Hall–Kier alpha value is -1.85. The Bertz CT molecular complexity index is 708. The van der Waals surface area contributed by atoms with Gasteiger partial charge in [0.15, 0.2) is 0 Å². The molecule has 3 rings (SSSR count). The molecule has 0 heterocycles. The van der Waals surface area contributed by atoms with Crippen molar-refractivity contribution >= 4 is 17.4 Å². The van der Waals surface area contributed by atoms with Crippen molar-refractivity contribution in [3.05, 3.63) is 29.8 Å². The number of anilines is 1. The number of rotatable bonds is 2. The van der Waals surface area contributed by atoms with Crippen LogP contribution in [0.3, 0.4) is 0 Å². The summed E-state index contributed by atoms with van der Waals surface area (Å²) in [6.07, 6.45) is -2.93. The summed E-state index contributed by atoms with van der Waals surface area (Å²) >= 11 is 0. The summed E-state index contributed by atoms with van der Waals surface area (Å²) in [4.78, 5) is 25.3. The van der Waals surface area contributed by atoms with Gasteiger partial charge in [0.25, 0.3) is 0 Å². The third-order valence-corrected chi connectivity index (χ3v) is 6.61. The lowest BCUT2D eigenvalue weighted by Crippen LogP contribution is -2.43. The van der Waals surface area contributed by atoms with Crippen LogP contribution in [-0.2, 0) is 15.8 Å². The van der Waals surface area contributed by atoms with Gasteiger partial charge in [-0.3, -0.25) is 9.59 Å². The molecule has 0 unspecified atom stereocenters. The fourth-order valence-corrected chi connectivity index (χ4v) is 4.35. The number of benzene rings is 1. The van der Waals surface area contributed by atoms with E-state index in [2.05, 4.69) is 5.32 Å². The standard InChI is InChI=1S/C18H20F3NO2/c1-15(2)16(3)8-9-17(15,10-13(16)23)14(24)22-12-6-4-11(5-7-12)18(19,20)21/h4-7H,8-10H2,1-3H3,(H,22,24)/t16-,17-/m0/s1. The Morgan fingerprint density at radius 3 is 2.08 bits per heavy atom. The zero-order valence-corrected chi connectivity index (χ0v) is 13.9. The van der Waals surface area contributed by atoms with Gasteiger partial charge in [0, 0.05) is 17.5 Å². The van der Waals surface area contributed by atoms with E-state index in [1.165, 1.54) is 12.1 Å². The first kappa shape index (κ1) is 17.0. The molecule has 6 heteroatoms. The lowest BCUT2D eigenvalue weighted by molar-refractivity contribution is -0.137. The molecule has 1 N–H and O–H groups in total. The topological polar surface area (TPSA) is 46.2 Å². The molecule has 2 saturated carbocycles. The Balaban J connectivity index is 1.85. The van der Waals surface area contributed by atoms with E-state index in [1.807, 2.05) is 20.8 Å². The van der Waals surface area contributed by atoms with Crippen LogP contribution < -0.4 is 5.32 Å². The molecule has 1 aromatic carbocycles. The van der Waals surface area contributed by atoms with Crippen LogP contribution >= 0.6 is 0 Å². The highest BCUT2D eigenvalue weighted by atomic mass is 19.4. The van der Waals surface area contributed by atoms with Crippen LogP contribution in [0, 0.1) is 16.2 Å². The van der Waals surface area contributed by atoms with Gasteiger partial charge in [0.2, 0.25) is 5.91 Å². The number of Topliss-reactive ketones (excluding diaryl/α,β-unsaturated/α-hetero) is 1. The molecule has 2 aliphatic carbocycles. The van der Waals surface area contributed by atoms with Gasteiger partial charge in [-0.1, -0.05) is 20.8 Å². The molecule has 2 fully saturated rings. The molecule has 0 aliphatic heterocycles. The number of carbonyl (C=O) groups excluding carboxylic acids is 2. The van der Waals surface area contributed by atoms with Gasteiger partial charge in [0.05, 0.1) is 11.0 Å². The third-order valence-electron chi connectivity index (χ3n) is 6.61. The number of fused-ring (bicyclic) bond motifs is 2. The predicted molar refractivity (Wildman–Crippen MR) is 83.3 cm³/mol. The van der Waals surface area contributed by atoms with Crippen LogP contribution in [0.2, 0.25) is 0 Å². The van der Waals surface area contributed by atoms with Crippen molar-refractivity contribution in [3.63, 3.8) is 0 Å². The average molecular weight is 339 g/mol. The first-order valence-electron chi connectivity index (χ1n) is 7.96. The molecular weight excluding hydrogens is 319 g/mol. The van der Waals surface area contributed by atoms with Gasteiger partial charge in [-0.05, 0) is 42.5 Å². The maximum Gasteiger partial charge on any atom is 0.416 e. The summed E-state index contributed by atoms with van der Waals surface area (Å²) < 4.78 is 37.8. The van der Waals surface area contributed by atoms with Gasteiger partial charge < -0.3 is 5.32 Å². The van der Waals surface area contributed by atoms with Crippen LogP contribution in [0.15, 0.2) is 24.3 Å². The molecule has 0 saturated heterocycles. The number of ketones is 1. The monoisotopic (exact) mass is 339 g/mol. The van der Waals surface area contributed by atoms with Crippen molar-refractivity contribution in [2.45, 2.75) is 46.2 Å². The van der Waals surface area contributed by atoms with Crippen LogP contribution in [0.4, 0.5) is 18.9 Å². The summed E-state index contributed by atoms with van der Waals surface area (Å²) in [6.45, 7) is 5.80. The molecule has 0 aromatic heterocycles. The van der Waals surface area contributed by atoms with Gasteiger partial charge in [-0.25, -0.2) is 0 Å². The van der Waals surface area contributed by atoms with Crippen molar-refractivity contribution in [1.29, 1.82) is 0 Å². The van der Waals surface area contributed by atoms with E-state index in [0.29, 0.717) is 18.5 Å². The number of halogens is 3. The minimum absolute atomic E-state index is 0.0984. The molecule has 1 aromatic rings. The van der Waals surface area contributed by atoms with Gasteiger partial charge in [0.1, 0.15) is 5.78 Å². The third kappa shape index (κ3) is 2.04. The summed E-state index contributed by atoms with van der Waals surface area (Å²) in [5.41, 5.74) is -2.23. The van der Waals surface area contributed by atoms with Gasteiger partial charge in [-0.15, -0.1) is 0 Å². The number of nitrogens with one attached hydrogen (secondary N) is 1.